The van der Waals surface area contributed by atoms with E-state index in [4.69, 9.17) is 9.47 Å². The first-order valence-corrected chi connectivity index (χ1v) is 7.75. The van der Waals surface area contributed by atoms with Gasteiger partial charge in [-0.25, -0.2) is 0 Å². The highest BCUT2D eigenvalue weighted by atomic mass is 16.5. The Hall–Kier alpha value is -1.06. The van der Waals surface area contributed by atoms with Crippen LogP contribution >= 0.6 is 0 Å². The topological polar surface area (TPSA) is 52.6 Å². The van der Waals surface area contributed by atoms with Gasteiger partial charge in [-0.1, -0.05) is 26.7 Å². The average Bonchev–Trinajstić information content (AvgIpc) is 2.90. The summed E-state index contributed by atoms with van der Waals surface area (Å²) >= 11 is 0. The van der Waals surface area contributed by atoms with Crippen LogP contribution in [0.15, 0.2) is 0 Å². The van der Waals surface area contributed by atoms with E-state index in [1.54, 1.807) is 13.8 Å². The Morgan fingerprint density at radius 1 is 1.10 bits per heavy atom. The molecule has 4 heteroatoms. The summed E-state index contributed by atoms with van der Waals surface area (Å²) in [7, 11) is 0. The van der Waals surface area contributed by atoms with Gasteiger partial charge in [-0.15, -0.1) is 0 Å². The number of hydrogen-bond donors (Lipinski definition) is 0. The summed E-state index contributed by atoms with van der Waals surface area (Å²) in [5, 5.41) is 0. The Kier molecular flexibility index (Phi) is 6.50. The number of hydrogen-bond acceptors (Lipinski definition) is 4. The smallest absolute Gasteiger partial charge is 0.310 e. The number of carbonyl (C=O) groups is 2. The SMILES string of the molecule is CCOC(=O)CC(C(=O)OCC)C(C)(C)C1CCCC1. The molecule has 1 atom stereocenters. The van der Waals surface area contributed by atoms with Crippen molar-refractivity contribution in [2.24, 2.45) is 17.3 Å². The van der Waals surface area contributed by atoms with Gasteiger partial charge in [0.05, 0.1) is 25.6 Å². The van der Waals surface area contributed by atoms with Crippen LogP contribution < -0.4 is 0 Å². The van der Waals surface area contributed by atoms with E-state index in [9.17, 15) is 9.59 Å². The van der Waals surface area contributed by atoms with Gasteiger partial charge in [0, 0.05) is 0 Å². The van der Waals surface area contributed by atoms with Gasteiger partial charge in [0.1, 0.15) is 0 Å². The van der Waals surface area contributed by atoms with E-state index in [-0.39, 0.29) is 23.8 Å². The molecule has 116 valence electrons. The maximum absolute atomic E-state index is 12.3. The minimum atomic E-state index is -0.412. The van der Waals surface area contributed by atoms with Crippen molar-refractivity contribution in [2.75, 3.05) is 13.2 Å². The maximum atomic E-state index is 12.3. The van der Waals surface area contributed by atoms with Crippen molar-refractivity contribution in [3.05, 3.63) is 0 Å². The summed E-state index contributed by atoms with van der Waals surface area (Å²) in [6.07, 6.45) is 4.81. The minimum absolute atomic E-state index is 0.121. The van der Waals surface area contributed by atoms with E-state index in [1.807, 2.05) is 0 Å². The van der Waals surface area contributed by atoms with Crippen LogP contribution in [-0.4, -0.2) is 25.2 Å². The molecule has 0 aromatic heterocycles. The molecule has 0 heterocycles. The second-order valence-electron chi connectivity index (χ2n) is 6.12. The van der Waals surface area contributed by atoms with Crippen LogP contribution in [0.1, 0.15) is 59.8 Å². The van der Waals surface area contributed by atoms with Crippen LogP contribution in [0, 0.1) is 17.3 Å². The monoisotopic (exact) mass is 284 g/mol. The molecule has 1 aliphatic rings. The van der Waals surface area contributed by atoms with Crippen molar-refractivity contribution in [1.82, 2.24) is 0 Å². The highest BCUT2D eigenvalue weighted by Crippen LogP contribution is 2.46. The van der Waals surface area contributed by atoms with Crippen molar-refractivity contribution in [3.63, 3.8) is 0 Å². The third-order valence-electron chi connectivity index (χ3n) is 4.55. The summed E-state index contributed by atoms with van der Waals surface area (Å²) in [4.78, 5) is 24.1. The van der Waals surface area contributed by atoms with Crippen LogP contribution in [0.5, 0.6) is 0 Å². The zero-order chi connectivity index (χ0) is 15.2. The van der Waals surface area contributed by atoms with Crippen LogP contribution in [-0.2, 0) is 19.1 Å². The predicted octanol–water partition coefficient (Wildman–Crippen LogP) is 3.34. The molecule has 4 nitrogen and oxygen atoms in total. The molecule has 1 fully saturated rings. The Balaban J connectivity index is 2.84. The molecule has 0 aliphatic heterocycles. The highest BCUT2D eigenvalue weighted by molar-refractivity contribution is 5.80. The summed E-state index contributed by atoms with van der Waals surface area (Å²) in [5.74, 6) is -0.509. The molecular weight excluding hydrogens is 256 g/mol. The number of ether oxygens (including phenoxy) is 2. The van der Waals surface area contributed by atoms with Crippen LogP contribution in [0.3, 0.4) is 0 Å². The zero-order valence-corrected chi connectivity index (χ0v) is 13.2. The third-order valence-corrected chi connectivity index (χ3v) is 4.55. The molecule has 0 N–H and O–H groups in total. The molecule has 1 aliphatic carbocycles. The first-order valence-electron chi connectivity index (χ1n) is 7.75. The molecule has 1 saturated carbocycles. The molecule has 1 unspecified atom stereocenters. The van der Waals surface area contributed by atoms with Crippen molar-refractivity contribution in [3.8, 4) is 0 Å². The van der Waals surface area contributed by atoms with E-state index < -0.39 is 5.92 Å². The summed E-state index contributed by atoms with van der Waals surface area (Å²) in [5.41, 5.74) is -0.227. The fourth-order valence-corrected chi connectivity index (χ4v) is 3.23. The number of esters is 2. The summed E-state index contributed by atoms with van der Waals surface area (Å²) in [6, 6.07) is 0. The standard InChI is InChI=1S/C16H28O4/c1-5-19-14(17)11-13(15(18)20-6-2)16(3,4)12-9-7-8-10-12/h12-13H,5-11H2,1-4H3. The van der Waals surface area contributed by atoms with Crippen LogP contribution in [0.2, 0.25) is 0 Å². The molecule has 0 aromatic carbocycles. The lowest BCUT2D eigenvalue weighted by Crippen LogP contribution is -2.39. The molecule has 20 heavy (non-hydrogen) atoms. The minimum Gasteiger partial charge on any atom is -0.466 e. The molecule has 0 aromatic rings. The largest absolute Gasteiger partial charge is 0.466 e. The van der Waals surface area contributed by atoms with Gasteiger partial charge >= 0.3 is 11.9 Å². The number of rotatable bonds is 7. The second-order valence-corrected chi connectivity index (χ2v) is 6.12. The Labute approximate surface area is 122 Å². The summed E-state index contributed by atoms with van der Waals surface area (Å²) in [6.45, 7) is 8.44. The Morgan fingerprint density at radius 3 is 2.15 bits per heavy atom. The van der Waals surface area contributed by atoms with Crippen molar-refractivity contribution in [2.45, 2.75) is 59.8 Å². The lowest BCUT2D eigenvalue weighted by atomic mass is 9.67. The molecule has 0 bridgehead atoms. The molecule has 0 saturated heterocycles. The fraction of sp³-hybridized carbons (Fsp3) is 0.875. The Morgan fingerprint density at radius 2 is 1.65 bits per heavy atom. The third kappa shape index (κ3) is 4.22. The highest BCUT2D eigenvalue weighted by Gasteiger charge is 2.44. The average molecular weight is 284 g/mol. The molecule has 0 amide bonds. The normalized spacial score (nSPS) is 17.8. The number of carbonyl (C=O) groups excluding carboxylic acids is 2. The van der Waals surface area contributed by atoms with Gasteiger partial charge in [-0.2, -0.15) is 0 Å². The van der Waals surface area contributed by atoms with Gasteiger partial charge < -0.3 is 9.47 Å². The first kappa shape index (κ1) is 17.0. The van der Waals surface area contributed by atoms with E-state index >= 15 is 0 Å². The van der Waals surface area contributed by atoms with Gasteiger partial charge in [0.2, 0.25) is 0 Å². The van der Waals surface area contributed by atoms with E-state index in [1.165, 1.54) is 12.8 Å². The van der Waals surface area contributed by atoms with Crippen molar-refractivity contribution >= 4 is 11.9 Å². The predicted molar refractivity (Wildman–Crippen MR) is 77.1 cm³/mol. The fourth-order valence-electron chi connectivity index (χ4n) is 3.23. The van der Waals surface area contributed by atoms with E-state index in [2.05, 4.69) is 13.8 Å². The quantitative estimate of drug-likeness (QED) is 0.673. The van der Waals surface area contributed by atoms with Crippen molar-refractivity contribution < 1.29 is 19.1 Å². The lowest BCUT2D eigenvalue weighted by Gasteiger charge is -2.37. The van der Waals surface area contributed by atoms with Gasteiger partial charge in [0.15, 0.2) is 0 Å². The van der Waals surface area contributed by atoms with Gasteiger partial charge in [-0.3, -0.25) is 9.59 Å². The molecular formula is C16H28O4. The van der Waals surface area contributed by atoms with Crippen LogP contribution in [0.4, 0.5) is 0 Å². The van der Waals surface area contributed by atoms with E-state index in [0.29, 0.717) is 19.1 Å². The van der Waals surface area contributed by atoms with Gasteiger partial charge in [0.25, 0.3) is 0 Å². The maximum Gasteiger partial charge on any atom is 0.310 e. The first-order chi connectivity index (χ1) is 9.43. The lowest BCUT2D eigenvalue weighted by molar-refractivity contribution is -0.160. The second kappa shape index (κ2) is 7.65. The van der Waals surface area contributed by atoms with Crippen LogP contribution in [0.25, 0.3) is 0 Å². The Bertz CT molecular complexity index is 329. The van der Waals surface area contributed by atoms with E-state index in [0.717, 1.165) is 12.8 Å². The molecule has 0 radical (unpaired) electrons. The summed E-state index contributed by atoms with van der Waals surface area (Å²) < 4.78 is 10.2. The zero-order valence-electron chi connectivity index (χ0n) is 13.2. The molecule has 1 rings (SSSR count). The van der Waals surface area contributed by atoms with Crippen molar-refractivity contribution in [1.29, 1.82) is 0 Å². The van der Waals surface area contributed by atoms with Gasteiger partial charge in [-0.05, 0) is 38.0 Å². The molecule has 0 spiro atoms.